The Hall–Kier alpha value is -3.89. The fraction of sp³-hybridized carbons (Fsp3) is 0.519. The monoisotopic (exact) mass is 528 g/mol. The Morgan fingerprint density at radius 2 is 1.74 bits per heavy atom. The normalized spacial score (nSPS) is 14.7. The fourth-order valence-corrected chi connectivity index (χ4v) is 4.13. The van der Waals surface area contributed by atoms with Crippen molar-refractivity contribution in [2.45, 2.75) is 59.1 Å². The molecule has 3 rings (SSSR count). The zero-order valence-corrected chi connectivity index (χ0v) is 22.6. The molecule has 1 atom stereocenters. The highest BCUT2D eigenvalue weighted by Gasteiger charge is 2.32. The summed E-state index contributed by atoms with van der Waals surface area (Å²) in [5.74, 6) is -1.64. The number of amides is 3. The molecular weight excluding hydrogens is 492 g/mol. The lowest BCUT2D eigenvalue weighted by atomic mass is 10.1. The van der Waals surface area contributed by atoms with Gasteiger partial charge in [0, 0.05) is 44.1 Å². The van der Waals surface area contributed by atoms with E-state index in [9.17, 15) is 24.3 Å². The maximum atomic E-state index is 13.4. The highest BCUT2D eigenvalue weighted by Crippen LogP contribution is 2.25. The second-order valence-corrected chi connectivity index (χ2v) is 10.2. The number of aromatic hydroxyl groups is 1. The molecular formula is C27H36N4O7. The Balaban J connectivity index is 1.77. The highest BCUT2D eigenvalue weighted by atomic mass is 16.6. The van der Waals surface area contributed by atoms with Gasteiger partial charge in [-0.1, -0.05) is 6.07 Å². The first-order chi connectivity index (χ1) is 17.9. The van der Waals surface area contributed by atoms with E-state index in [0.29, 0.717) is 10.9 Å². The van der Waals surface area contributed by atoms with E-state index in [2.05, 4.69) is 10.3 Å². The van der Waals surface area contributed by atoms with Crippen molar-refractivity contribution in [3.8, 4) is 5.75 Å². The third kappa shape index (κ3) is 7.56. The average molecular weight is 529 g/mol. The van der Waals surface area contributed by atoms with Crippen molar-refractivity contribution >= 4 is 34.8 Å². The number of carbonyl (C=O) groups is 4. The van der Waals surface area contributed by atoms with E-state index in [1.165, 1.54) is 11.0 Å². The summed E-state index contributed by atoms with van der Waals surface area (Å²) in [6, 6.07) is 5.51. The summed E-state index contributed by atoms with van der Waals surface area (Å²) in [6.45, 7) is 10.2. The Kier molecular flexibility index (Phi) is 9.13. The number of ether oxygens (including phenoxy) is 2. The molecule has 1 aliphatic heterocycles. The maximum Gasteiger partial charge on any atom is 0.409 e. The van der Waals surface area contributed by atoms with Gasteiger partial charge in [0.1, 0.15) is 23.1 Å². The van der Waals surface area contributed by atoms with E-state index >= 15 is 0 Å². The van der Waals surface area contributed by atoms with Crippen LogP contribution in [0.25, 0.3) is 10.9 Å². The van der Waals surface area contributed by atoms with Crippen LogP contribution in [0.5, 0.6) is 5.75 Å². The number of rotatable bonds is 7. The summed E-state index contributed by atoms with van der Waals surface area (Å²) >= 11 is 0. The van der Waals surface area contributed by atoms with E-state index in [0.717, 1.165) is 5.56 Å². The van der Waals surface area contributed by atoms with Gasteiger partial charge in [-0.15, -0.1) is 0 Å². The van der Waals surface area contributed by atoms with E-state index in [1.54, 1.807) is 44.7 Å². The molecule has 2 heterocycles. The SMILES string of the molecule is CCOC(=O)N1CCN(C(=O)C(CCC(=O)OC(C)(C)C)NC(=O)c2cc(O)c3ccc(C)cc3n2)CC1. The summed E-state index contributed by atoms with van der Waals surface area (Å²) in [5.41, 5.74) is 0.618. The standard InChI is InChI=1S/C27H36N4O7/c1-6-37-26(36)31-13-11-30(12-14-31)25(35)19(9-10-23(33)38-27(3,4)5)29-24(34)21-16-22(32)18-8-7-17(2)15-20(18)28-21/h7-8,15-16,19H,6,9-14H2,1-5H3,(H,28,32)(H,29,34). The minimum absolute atomic E-state index is 0.0102. The van der Waals surface area contributed by atoms with Gasteiger partial charge in [-0.05, 0) is 58.7 Å². The van der Waals surface area contributed by atoms with Crippen LogP contribution < -0.4 is 5.32 Å². The predicted octanol–water partition coefficient (Wildman–Crippen LogP) is 2.77. The van der Waals surface area contributed by atoms with Gasteiger partial charge in [-0.2, -0.15) is 0 Å². The molecule has 1 aliphatic rings. The lowest BCUT2D eigenvalue weighted by molar-refractivity contribution is -0.155. The quantitative estimate of drug-likeness (QED) is 0.523. The second kappa shape index (κ2) is 12.1. The summed E-state index contributed by atoms with van der Waals surface area (Å²) in [4.78, 5) is 58.4. The van der Waals surface area contributed by atoms with Crippen LogP contribution in [-0.2, 0) is 19.1 Å². The van der Waals surface area contributed by atoms with Crippen LogP contribution in [0.3, 0.4) is 0 Å². The molecule has 0 spiro atoms. The molecule has 1 unspecified atom stereocenters. The number of hydrogen-bond acceptors (Lipinski definition) is 8. The topological polar surface area (TPSA) is 138 Å². The molecule has 1 saturated heterocycles. The number of pyridine rings is 1. The molecule has 2 N–H and O–H groups in total. The number of benzene rings is 1. The minimum atomic E-state index is -1.04. The molecule has 206 valence electrons. The number of piperazine rings is 1. The smallest absolute Gasteiger partial charge is 0.409 e. The Bertz CT molecular complexity index is 1200. The van der Waals surface area contributed by atoms with Crippen molar-refractivity contribution < 1.29 is 33.8 Å². The zero-order valence-electron chi connectivity index (χ0n) is 22.6. The summed E-state index contributed by atoms with van der Waals surface area (Å²) in [6.07, 6.45) is -0.519. The van der Waals surface area contributed by atoms with Crippen molar-refractivity contribution in [2.24, 2.45) is 0 Å². The molecule has 1 fully saturated rings. The lowest BCUT2D eigenvalue weighted by Gasteiger charge is -2.36. The first-order valence-electron chi connectivity index (χ1n) is 12.7. The molecule has 3 amide bonds. The molecule has 1 aromatic carbocycles. The molecule has 2 aromatic rings. The summed E-state index contributed by atoms with van der Waals surface area (Å²) in [7, 11) is 0. The van der Waals surface area contributed by atoms with Gasteiger partial charge >= 0.3 is 12.1 Å². The van der Waals surface area contributed by atoms with Gasteiger partial charge in [0.2, 0.25) is 5.91 Å². The largest absolute Gasteiger partial charge is 0.507 e. The van der Waals surface area contributed by atoms with Crippen molar-refractivity contribution in [3.05, 3.63) is 35.5 Å². The molecule has 1 aromatic heterocycles. The Morgan fingerprint density at radius 3 is 2.37 bits per heavy atom. The predicted molar refractivity (Wildman–Crippen MR) is 140 cm³/mol. The molecule has 0 aliphatic carbocycles. The molecule has 38 heavy (non-hydrogen) atoms. The highest BCUT2D eigenvalue weighted by molar-refractivity contribution is 5.99. The molecule has 0 saturated carbocycles. The molecule has 11 heteroatoms. The van der Waals surface area contributed by atoms with Gasteiger partial charge < -0.3 is 29.7 Å². The zero-order chi connectivity index (χ0) is 28.0. The average Bonchev–Trinajstić information content (AvgIpc) is 2.84. The van der Waals surface area contributed by atoms with E-state index in [4.69, 9.17) is 9.47 Å². The van der Waals surface area contributed by atoms with Crippen LogP contribution in [0.15, 0.2) is 24.3 Å². The summed E-state index contributed by atoms with van der Waals surface area (Å²) in [5, 5.41) is 13.6. The van der Waals surface area contributed by atoms with Gasteiger partial charge in [-0.3, -0.25) is 14.4 Å². The van der Waals surface area contributed by atoms with Crippen LogP contribution in [0.1, 0.15) is 56.6 Å². The van der Waals surface area contributed by atoms with Crippen LogP contribution >= 0.6 is 0 Å². The number of esters is 1. The van der Waals surface area contributed by atoms with Crippen molar-refractivity contribution in [3.63, 3.8) is 0 Å². The first-order valence-corrected chi connectivity index (χ1v) is 12.7. The Labute approximate surface area is 222 Å². The van der Waals surface area contributed by atoms with Crippen LogP contribution in [0, 0.1) is 6.92 Å². The van der Waals surface area contributed by atoms with E-state index < -0.39 is 29.6 Å². The third-order valence-corrected chi connectivity index (χ3v) is 5.95. The Morgan fingerprint density at radius 1 is 1.08 bits per heavy atom. The van der Waals surface area contributed by atoms with Gasteiger partial charge in [0.05, 0.1) is 12.1 Å². The number of aromatic nitrogens is 1. The van der Waals surface area contributed by atoms with Crippen molar-refractivity contribution in [2.75, 3.05) is 32.8 Å². The third-order valence-electron chi connectivity index (χ3n) is 5.95. The number of nitrogens with zero attached hydrogens (tertiary/aromatic N) is 3. The fourth-order valence-electron chi connectivity index (χ4n) is 4.13. The summed E-state index contributed by atoms with van der Waals surface area (Å²) < 4.78 is 10.4. The van der Waals surface area contributed by atoms with Gasteiger partial charge in [0.15, 0.2) is 0 Å². The molecule has 11 nitrogen and oxygen atoms in total. The van der Waals surface area contributed by atoms with Crippen LogP contribution in [0.2, 0.25) is 0 Å². The first kappa shape index (κ1) is 28.7. The van der Waals surface area contributed by atoms with Crippen molar-refractivity contribution in [1.82, 2.24) is 20.1 Å². The van der Waals surface area contributed by atoms with Gasteiger partial charge in [0.25, 0.3) is 5.91 Å². The number of aryl methyl sites for hydroxylation is 1. The molecule has 0 bridgehead atoms. The minimum Gasteiger partial charge on any atom is -0.507 e. The number of carbonyl (C=O) groups excluding carboxylic acids is 4. The number of fused-ring (bicyclic) bond motifs is 1. The lowest BCUT2D eigenvalue weighted by Crippen LogP contribution is -2.56. The van der Waals surface area contributed by atoms with E-state index in [-0.39, 0.29) is 63.0 Å². The van der Waals surface area contributed by atoms with Gasteiger partial charge in [-0.25, -0.2) is 9.78 Å². The number of nitrogens with one attached hydrogen (secondary N) is 1. The van der Waals surface area contributed by atoms with Crippen LogP contribution in [0.4, 0.5) is 4.79 Å². The maximum absolute atomic E-state index is 13.4. The van der Waals surface area contributed by atoms with E-state index in [1.807, 2.05) is 13.0 Å². The molecule has 0 radical (unpaired) electrons. The van der Waals surface area contributed by atoms with Crippen molar-refractivity contribution in [1.29, 1.82) is 0 Å². The number of hydrogen-bond donors (Lipinski definition) is 2. The second-order valence-electron chi connectivity index (χ2n) is 10.2. The van der Waals surface area contributed by atoms with Crippen LogP contribution in [-0.4, -0.2) is 88.2 Å².